The van der Waals surface area contributed by atoms with Crippen molar-refractivity contribution in [3.8, 4) is 11.3 Å². The molecule has 0 radical (unpaired) electrons. The Hall–Kier alpha value is -2.95. The summed E-state index contributed by atoms with van der Waals surface area (Å²) < 4.78 is 0. The van der Waals surface area contributed by atoms with Crippen LogP contribution in [0.3, 0.4) is 0 Å². The number of H-pyrrole nitrogens is 1. The van der Waals surface area contributed by atoms with Crippen molar-refractivity contribution in [3.63, 3.8) is 0 Å². The Kier molecular flexibility index (Phi) is 3.19. The Balaban J connectivity index is 1.81. The van der Waals surface area contributed by atoms with Crippen LogP contribution < -0.4 is 5.43 Å². The maximum absolute atomic E-state index is 11.2. The van der Waals surface area contributed by atoms with E-state index in [2.05, 4.69) is 39.6 Å². The van der Waals surface area contributed by atoms with E-state index in [9.17, 15) is 4.79 Å². The molecule has 23 heavy (non-hydrogen) atoms. The number of benzene rings is 1. The van der Waals surface area contributed by atoms with Gasteiger partial charge in [0.15, 0.2) is 0 Å². The molecule has 5 nitrogen and oxygen atoms in total. The number of carbonyl (C=O) groups is 1. The monoisotopic (exact) mass is 304 g/mol. The number of aryl methyl sites for hydroxylation is 1. The molecule has 3 heterocycles. The van der Waals surface area contributed by atoms with Crippen LogP contribution in [-0.4, -0.2) is 21.6 Å². The SMILES string of the molecule is Cc1c(-c2ccncc2)[nH]c2ccc(C3=NNC(=O)CC3)cc12. The first-order chi connectivity index (χ1) is 11.2. The minimum Gasteiger partial charge on any atom is -0.354 e. The van der Waals surface area contributed by atoms with Crippen molar-refractivity contribution in [1.29, 1.82) is 0 Å². The summed E-state index contributed by atoms with van der Waals surface area (Å²) in [6.45, 7) is 2.11. The number of nitrogens with zero attached hydrogens (tertiary/aromatic N) is 2. The Morgan fingerprint density at radius 3 is 2.61 bits per heavy atom. The highest BCUT2D eigenvalue weighted by Crippen LogP contribution is 2.30. The average Bonchev–Trinajstić information content (AvgIpc) is 2.93. The van der Waals surface area contributed by atoms with Crippen LogP contribution in [-0.2, 0) is 4.79 Å². The normalized spacial score (nSPS) is 14.7. The number of hydrogen-bond acceptors (Lipinski definition) is 3. The van der Waals surface area contributed by atoms with E-state index in [-0.39, 0.29) is 5.91 Å². The molecule has 2 N–H and O–H groups in total. The van der Waals surface area contributed by atoms with Gasteiger partial charge in [0.1, 0.15) is 0 Å². The molecule has 1 aliphatic rings. The van der Waals surface area contributed by atoms with E-state index >= 15 is 0 Å². The number of nitrogens with one attached hydrogen (secondary N) is 2. The predicted octanol–water partition coefficient (Wildman–Crippen LogP) is 3.15. The fourth-order valence-electron chi connectivity index (χ4n) is 3.00. The largest absolute Gasteiger partial charge is 0.354 e. The molecule has 0 fully saturated rings. The van der Waals surface area contributed by atoms with Gasteiger partial charge in [-0.15, -0.1) is 0 Å². The van der Waals surface area contributed by atoms with E-state index in [0.29, 0.717) is 12.8 Å². The lowest BCUT2D eigenvalue weighted by molar-refractivity contribution is -0.121. The lowest BCUT2D eigenvalue weighted by Gasteiger charge is -2.12. The Morgan fingerprint density at radius 1 is 1.04 bits per heavy atom. The molecule has 114 valence electrons. The first kappa shape index (κ1) is 13.7. The predicted molar refractivity (Wildman–Crippen MR) is 90.2 cm³/mol. The number of carbonyl (C=O) groups excluding carboxylic acids is 1. The van der Waals surface area contributed by atoms with Crippen LogP contribution in [0, 0.1) is 6.92 Å². The van der Waals surface area contributed by atoms with E-state index in [4.69, 9.17) is 0 Å². The van der Waals surface area contributed by atoms with Crippen molar-refractivity contribution < 1.29 is 4.79 Å². The van der Waals surface area contributed by atoms with Gasteiger partial charge in [-0.2, -0.15) is 5.10 Å². The van der Waals surface area contributed by atoms with Gasteiger partial charge in [0.25, 0.3) is 0 Å². The number of aromatic amines is 1. The van der Waals surface area contributed by atoms with Gasteiger partial charge >= 0.3 is 0 Å². The maximum Gasteiger partial charge on any atom is 0.240 e. The van der Waals surface area contributed by atoms with Crippen molar-refractivity contribution in [2.75, 3.05) is 0 Å². The van der Waals surface area contributed by atoms with Gasteiger partial charge in [0.2, 0.25) is 5.91 Å². The summed E-state index contributed by atoms with van der Waals surface area (Å²) in [6, 6.07) is 10.3. The molecule has 2 aromatic heterocycles. The molecule has 0 saturated heterocycles. The summed E-state index contributed by atoms with van der Waals surface area (Å²) in [5, 5.41) is 5.36. The molecule has 5 heteroatoms. The summed E-state index contributed by atoms with van der Waals surface area (Å²) in [6.07, 6.45) is 4.76. The van der Waals surface area contributed by atoms with E-state index in [1.807, 2.05) is 18.2 Å². The Labute approximate surface area is 133 Å². The number of hydrazone groups is 1. The zero-order valence-corrected chi connectivity index (χ0v) is 12.8. The molecule has 1 aliphatic heterocycles. The van der Waals surface area contributed by atoms with Crippen molar-refractivity contribution in [2.24, 2.45) is 5.10 Å². The quantitative estimate of drug-likeness (QED) is 0.763. The number of rotatable bonds is 2. The van der Waals surface area contributed by atoms with Crippen LogP contribution >= 0.6 is 0 Å². The fourth-order valence-corrected chi connectivity index (χ4v) is 3.00. The first-order valence-electron chi connectivity index (χ1n) is 7.61. The number of pyridine rings is 1. The standard InChI is InChI=1S/C18H16N4O/c1-11-14-10-13(15-4-5-17(23)22-21-15)2-3-16(14)20-18(11)12-6-8-19-9-7-12/h2-3,6-10,20H,4-5H2,1H3,(H,22,23). The lowest BCUT2D eigenvalue weighted by atomic mass is 10.0. The molecular formula is C18H16N4O. The number of fused-ring (bicyclic) bond motifs is 1. The van der Waals surface area contributed by atoms with Gasteiger partial charge in [-0.05, 0) is 42.3 Å². The highest BCUT2D eigenvalue weighted by molar-refractivity contribution is 6.06. The second-order valence-corrected chi connectivity index (χ2v) is 5.71. The van der Waals surface area contributed by atoms with Crippen LogP contribution in [0.1, 0.15) is 24.0 Å². The van der Waals surface area contributed by atoms with Gasteiger partial charge < -0.3 is 4.98 Å². The maximum atomic E-state index is 11.2. The third-order valence-electron chi connectivity index (χ3n) is 4.26. The molecule has 3 aromatic rings. The molecular weight excluding hydrogens is 288 g/mol. The van der Waals surface area contributed by atoms with Gasteiger partial charge in [0, 0.05) is 47.4 Å². The highest BCUT2D eigenvalue weighted by atomic mass is 16.2. The topological polar surface area (TPSA) is 70.1 Å². The van der Waals surface area contributed by atoms with Crippen LogP contribution in [0.2, 0.25) is 0 Å². The zero-order valence-electron chi connectivity index (χ0n) is 12.8. The molecule has 0 atom stereocenters. The van der Waals surface area contributed by atoms with Crippen molar-refractivity contribution in [2.45, 2.75) is 19.8 Å². The van der Waals surface area contributed by atoms with E-state index in [1.54, 1.807) is 12.4 Å². The summed E-state index contributed by atoms with van der Waals surface area (Å²) in [5.41, 5.74) is 9.07. The van der Waals surface area contributed by atoms with Crippen molar-refractivity contribution in [1.82, 2.24) is 15.4 Å². The van der Waals surface area contributed by atoms with Crippen molar-refractivity contribution in [3.05, 3.63) is 53.9 Å². The van der Waals surface area contributed by atoms with Crippen LogP contribution in [0.4, 0.5) is 0 Å². The lowest BCUT2D eigenvalue weighted by Crippen LogP contribution is -2.25. The fraction of sp³-hybridized carbons (Fsp3) is 0.167. The van der Waals surface area contributed by atoms with E-state index in [1.165, 1.54) is 10.9 Å². The van der Waals surface area contributed by atoms with Gasteiger partial charge in [-0.25, -0.2) is 5.43 Å². The Morgan fingerprint density at radius 2 is 1.87 bits per heavy atom. The molecule has 4 rings (SSSR count). The summed E-state index contributed by atoms with van der Waals surface area (Å²) in [7, 11) is 0. The van der Waals surface area contributed by atoms with E-state index in [0.717, 1.165) is 28.0 Å². The van der Waals surface area contributed by atoms with E-state index < -0.39 is 0 Å². The summed E-state index contributed by atoms with van der Waals surface area (Å²) >= 11 is 0. The molecule has 0 saturated carbocycles. The molecule has 0 spiro atoms. The average molecular weight is 304 g/mol. The smallest absolute Gasteiger partial charge is 0.240 e. The number of amides is 1. The molecule has 0 bridgehead atoms. The molecule has 1 amide bonds. The summed E-state index contributed by atoms with van der Waals surface area (Å²) in [5.74, 6) is -0.0207. The molecule has 0 aliphatic carbocycles. The molecule has 0 unspecified atom stereocenters. The van der Waals surface area contributed by atoms with Gasteiger partial charge in [0.05, 0.1) is 5.71 Å². The summed E-state index contributed by atoms with van der Waals surface area (Å²) in [4.78, 5) is 18.8. The second kappa shape index (κ2) is 5.35. The van der Waals surface area contributed by atoms with Crippen LogP contribution in [0.15, 0.2) is 47.8 Å². The number of hydrogen-bond donors (Lipinski definition) is 2. The second-order valence-electron chi connectivity index (χ2n) is 5.71. The third-order valence-corrected chi connectivity index (χ3v) is 4.26. The first-order valence-corrected chi connectivity index (χ1v) is 7.61. The Bertz CT molecular complexity index is 925. The minimum atomic E-state index is -0.0207. The number of aromatic nitrogens is 2. The molecule has 1 aromatic carbocycles. The third kappa shape index (κ3) is 2.40. The van der Waals surface area contributed by atoms with Crippen LogP contribution in [0.5, 0.6) is 0 Å². The van der Waals surface area contributed by atoms with Gasteiger partial charge in [-0.1, -0.05) is 6.07 Å². The van der Waals surface area contributed by atoms with Gasteiger partial charge in [-0.3, -0.25) is 9.78 Å². The van der Waals surface area contributed by atoms with Crippen molar-refractivity contribution >= 4 is 22.5 Å². The highest BCUT2D eigenvalue weighted by Gasteiger charge is 2.15. The minimum absolute atomic E-state index is 0.0207. The van der Waals surface area contributed by atoms with Crippen LogP contribution in [0.25, 0.3) is 22.2 Å². The zero-order chi connectivity index (χ0) is 15.8.